The van der Waals surface area contributed by atoms with Crippen LogP contribution in [0.25, 0.3) is 0 Å². The maximum atomic E-state index is 12.7. The number of hydrogen-bond acceptors (Lipinski definition) is 4. The van der Waals surface area contributed by atoms with Gasteiger partial charge in [0, 0.05) is 30.7 Å². The highest BCUT2D eigenvalue weighted by molar-refractivity contribution is 6.74. The Balaban J connectivity index is 1.64. The van der Waals surface area contributed by atoms with Crippen LogP contribution in [0.5, 0.6) is 0 Å². The van der Waals surface area contributed by atoms with Crippen LogP contribution >= 0.6 is 0 Å². The van der Waals surface area contributed by atoms with E-state index in [0.29, 0.717) is 13.0 Å². The summed E-state index contributed by atoms with van der Waals surface area (Å²) in [6.07, 6.45) is 1.79. The molecule has 1 aromatic carbocycles. The summed E-state index contributed by atoms with van der Waals surface area (Å²) >= 11 is 0. The standard InChI is InChI=1S/C21H31NO4Si/c1-20(2,3)27(4,5)25-12-8-9-16-13-15(23)14-21(26-16)17-10-6-7-11-18(17)22-19(21)24/h6-7,10-11,16H,8-9,12-14H2,1-5H3,(H,22,24)/t16-,21-/m0/s1. The first kappa shape index (κ1) is 20.2. The number of benzene rings is 1. The van der Waals surface area contributed by atoms with Crippen molar-refractivity contribution >= 4 is 25.7 Å². The number of nitrogens with one attached hydrogen (secondary N) is 1. The van der Waals surface area contributed by atoms with Gasteiger partial charge in [0.1, 0.15) is 5.78 Å². The number of hydrogen-bond donors (Lipinski definition) is 1. The van der Waals surface area contributed by atoms with Gasteiger partial charge >= 0.3 is 0 Å². The normalized spacial score (nSPS) is 25.6. The van der Waals surface area contributed by atoms with Crippen LogP contribution in [0, 0.1) is 0 Å². The largest absolute Gasteiger partial charge is 0.417 e. The molecule has 0 aromatic heterocycles. The first-order chi connectivity index (χ1) is 12.6. The summed E-state index contributed by atoms with van der Waals surface area (Å²) in [6.45, 7) is 11.8. The number of ether oxygens (including phenoxy) is 1. The molecular weight excluding hydrogens is 358 g/mol. The van der Waals surface area contributed by atoms with Crippen molar-refractivity contribution in [3.8, 4) is 0 Å². The molecule has 0 saturated carbocycles. The third kappa shape index (κ3) is 3.88. The molecule has 0 unspecified atom stereocenters. The molecule has 3 rings (SSSR count). The lowest BCUT2D eigenvalue weighted by Gasteiger charge is -2.37. The third-order valence-corrected chi connectivity index (χ3v) is 10.7. The van der Waals surface area contributed by atoms with E-state index in [1.807, 2.05) is 24.3 Å². The quantitative estimate of drug-likeness (QED) is 0.599. The highest BCUT2D eigenvalue weighted by Gasteiger charge is 2.53. The molecule has 1 spiro atoms. The molecule has 0 aliphatic carbocycles. The van der Waals surface area contributed by atoms with Crippen LogP contribution in [0.4, 0.5) is 5.69 Å². The Morgan fingerprint density at radius 1 is 1.26 bits per heavy atom. The topological polar surface area (TPSA) is 64.6 Å². The molecule has 2 heterocycles. The van der Waals surface area contributed by atoms with Crippen molar-refractivity contribution in [2.45, 2.75) is 76.3 Å². The van der Waals surface area contributed by atoms with Gasteiger partial charge in [0.25, 0.3) is 5.91 Å². The van der Waals surface area contributed by atoms with E-state index in [0.717, 1.165) is 24.1 Å². The average molecular weight is 390 g/mol. The first-order valence-corrected chi connectivity index (χ1v) is 12.7. The van der Waals surface area contributed by atoms with Crippen LogP contribution in [0.2, 0.25) is 18.1 Å². The fraction of sp³-hybridized carbons (Fsp3) is 0.619. The maximum Gasteiger partial charge on any atom is 0.261 e. The second-order valence-corrected chi connectivity index (χ2v) is 14.0. The van der Waals surface area contributed by atoms with Gasteiger partial charge in [-0.25, -0.2) is 0 Å². The summed E-state index contributed by atoms with van der Waals surface area (Å²) in [5.41, 5.74) is 0.374. The number of Topliss-reactive ketones (excluding diaryl/α,β-unsaturated/α-hetero) is 1. The van der Waals surface area contributed by atoms with Gasteiger partial charge in [0.2, 0.25) is 0 Å². The van der Waals surface area contributed by atoms with E-state index in [4.69, 9.17) is 9.16 Å². The molecule has 148 valence electrons. The van der Waals surface area contributed by atoms with E-state index in [1.165, 1.54) is 0 Å². The van der Waals surface area contributed by atoms with E-state index in [2.05, 4.69) is 39.2 Å². The molecule has 1 saturated heterocycles. The molecule has 0 bridgehead atoms. The molecule has 1 amide bonds. The van der Waals surface area contributed by atoms with E-state index >= 15 is 0 Å². The second-order valence-electron chi connectivity index (χ2n) is 9.24. The Kier molecular flexibility index (Phi) is 5.36. The fourth-order valence-electron chi connectivity index (χ4n) is 3.57. The smallest absolute Gasteiger partial charge is 0.261 e. The summed E-state index contributed by atoms with van der Waals surface area (Å²) in [5, 5.41) is 3.05. The minimum absolute atomic E-state index is 0.0865. The van der Waals surface area contributed by atoms with Crippen molar-refractivity contribution in [3.05, 3.63) is 29.8 Å². The number of ketones is 1. The zero-order valence-corrected chi connectivity index (χ0v) is 18.1. The lowest BCUT2D eigenvalue weighted by molar-refractivity contribution is -0.170. The van der Waals surface area contributed by atoms with Crippen LogP contribution in [0.15, 0.2) is 24.3 Å². The van der Waals surface area contributed by atoms with Gasteiger partial charge in [-0.2, -0.15) is 0 Å². The van der Waals surface area contributed by atoms with Crippen molar-refractivity contribution in [1.29, 1.82) is 0 Å². The Hall–Kier alpha value is -1.50. The number of carbonyl (C=O) groups excluding carboxylic acids is 2. The number of carbonyl (C=O) groups is 2. The van der Waals surface area contributed by atoms with Crippen molar-refractivity contribution in [3.63, 3.8) is 0 Å². The summed E-state index contributed by atoms with van der Waals surface area (Å²) in [5.74, 6) is -0.136. The van der Waals surface area contributed by atoms with Crippen molar-refractivity contribution in [1.82, 2.24) is 0 Å². The minimum atomic E-state index is -1.77. The summed E-state index contributed by atoms with van der Waals surface area (Å²) in [6, 6.07) is 7.49. The van der Waals surface area contributed by atoms with Gasteiger partial charge in [-0.15, -0.1) is 0 Å². The van der Waals surface area contributed by atoms with E-state index in [-0.39, 0.29) is 29.3 Å². The van der Waals surface area contributed by atoms with Gasteiger partial charge < -0.3 is 14.5 Å². The molecule has 5 nitrogen and oxygen atoms in total. The molecule has 2 aliphatic heterocycles. The zero-order valence-electron chi connectivity index (χ0n) is 17.1. The van der Waals surface area contributed by atoms with E-state index < -0.39 is 13.9 Å². The van der Waals surface area contributed by atoms with Crippen molar-refractivity contribution in [2.24, 2.45) is 0 Å². The molecular formula is C21H31NO4Si. The highest BCUT2D eigenvalue weighted by atomic mass is 28.4. The Morgan fingerprint density at radius 3 is 2.67 bits per heavy atom. The maximum absolute atomic E-state index is 12.7. The highest BCUT2D eigenvalue weighted by Crippen LogP contribution is 2.45. The summed E-state index contributed by atoms with van der Waals surface area (Å²) < 4.78 is 12.5. The van der Waals surface area contributed by atoms with Crippen LogP contribution in [-0.2, 0) is 24.4 Å². The van der Waals surface area contributed by atoms with Gasteiger partial charge in [-0.1, -0.05) is 39.0 Å². The van der Waals surface area contributed by atoms with Gasteiger partial charge in [-0.05, 0) is 37.0 Å². The van der Waals surface area contributed by atoms with Crippen LogP contribution in [-0.4, -0.2) is 32.7 Å². The van der Waals surface area contributed by atoms with Crippen LogP contribution in [0.3, 0.4) is 0 Å². The monoisotopic (exact) mass is 389 g/mol. The Morgan fingerprint density at radius 2 is 1.96 bits per heavy atom. The van der Waals surface area contributed by atoms with Crippen molar-refractivity contribution in [2.75, 3.05) is 11.9 Å². The lowest BCUT2D eigenvalue weighted by Crippen LogP contribution is -2.47. The average Bonchev–Trinajstić information content (AvgIpc) is 2.82. The predicted molar refractivity (Wildman–Crippen MR) is 108 cm³/mol. The summed E-state index contributed by atoms with van der Waals surface area (Å²) in [4.78, 5) is 25.1. The molecule has 27 heavy (non-hydrogen) atoms. The second kappa shape index (κ2) is 7.15. The first-order valence-electron chi connectivity index (χ1n) is 9.80. The SMILES string of the molecule is CC(C)(C)[Si](C)(C)OCCC[C@H]1CC(=O)C[C@@]2(O1)C(=O)Nc1ccccc12. The molecule has 2 atom stereocenters. The summed E-state index contributed by atoms with van der Waals surface area (Å²) in [7, 11) is -1.77. The van der Waals surface area contributed by atoms with Gasteiger partial charge in [0.05, 0.1) is 6.10 Å². The number of rotatable bonds is 5. The number of para-hydroxylation sites is 1. The molecule has 1 aromatic rings. The van der Waals surface area contributed by atoms with Crippen molar-refractivity contribution < 1.29 is 18.8 Å². The molecule has 0 radical (unpaired) electrons. The Bertz CT molecular complexity index is 740. The van der Waals surface area contributed by atoms with Gasteiger partial charge in [-0.3, -0.25) is 9.59 Å². The zero-order chi connectivity index (χ0) is 19.9. The Labute approximate surface area is 162 Å². The number of fused-ring (bicyclic) bond motifs is 2. The van der Waals surface area contributed by atoms with E-state index in [9.17, 15) is 9.59 Å². The molecule has 2 aliphatic rings. The van der Waals surface area contributed by atoms with Crippen LogP contribution < -0.4 is 5.32 Å². The van der Waals surface area contributed by atoms with E-state index in [1.54, 1.807) is 0 Å². The number of amides is 1. The fourth-order valence-corrected chi connectivity index (χ4v) is 4.66. The predicted octanol–water partition coefficient (Wildman–Crippen LogP) is 4.38. The van der Waals surface area contributed by atoms with Crippen LogP contribution in [0.1, 0.15) is 52.0 Å². The van der Waals surface area contributed by atoms with Gasteiger partial charge in [0.15, 0.2) is 13.9 Å². The third-order valence-electron chi connectivity index (χ3n) is 6.19. The lowest BCUT2D eigenvalue weighted by atomic mass is 9.84. The molecule has 6 heteroatoms. The molecule has 1 fully saturated rings. The number of anilines is 1. The minimum Gasteiger partial charge on any atom is -0.417 e. The molecule has 1 N–H and O–H groups in total.